The Morgan fingerprint density at radius 2 is 0.673 bits per heavy atom. The van der Waals surface area contributed by atoms with Gasteiger partial charge in [0, 0.05) is 19.3 Å². The molecule has 1 atom stereocenters. The highest BCUT2D eigenvalue weighted by Crippen LogP contribution is 2.16. The highest BCUT2D eigenvalue weighted by Gasteiger charge is 2.19. The molecule has 6 nitrogen and oxygen atoms in total. The number of carbonyl (C=O) groups is 3. The Morgan fingerprint density at radius 3 is 1.00 bits per heavy atom. The molecule has 290 valence electrons. The summed E-state index contributed by atoms with van der Waals surface area (Å²) >= 11 is 0. The van der Waals surface area contributed by atoms with Crippen LogP contribution in [0.25, 0.3) is 0 Å². The molecule has 0 aromatic carbocycles. The van der Waals surface area contributed by atoms with Crippen LogP contribution in [0.2, 0.25) is 0 Å². The Morgan fingerprint density at radius 1 is 0.388 bits per heavy atom. The lowest BCUT2D eigenvalue weighted by atomic mass is 10.0. The van der Waals surface area contributed by atoms with Crippen molar-refractivity contribution >= 4 is 17.9 Å². The minimum Gasteiger partial charge on any atom is -0.462 e. The molecule has 0 heterocycles. The van der Waals surface area contributed by atoms with E-state index < -0.39 is 6.10 Å². The van der Waals surface area contributed by atoms with Gasteiger partial charge in [0.05, 0.1) is 0 Å². The molecule has 0 amide bonds. The highest BCUT2D eigenvalue weighted by atomic mass is 16.6. The van der Waals surface area contributed by atoms with E-state index in [4.69, 9.17) is 14.2 Å². The van der Waals surface area contributed by atoms with Gasteiger partial charge in [0.15, 0.2) is 6.10 Å². The van der Waals surface area contributed by atoms with Crippen LogP contribution >= 0.6 is 0 Å². The van der Waals surface area contributed by atoms with E-state index in [1.54, 1.807) is 0 Å². The van der Waals surface area contributed by atoms with Crippen molar-refractivity contribution in [2.75, 3.05) is 13.2 Å². The lowest BCUT2D eigenvalue weighted by Crippen LogP contribution is -2.30. The zero-order valence-electron chi connectivity index (χ0n) is 33.1. The maximum atomic E-state index is 12.6. The van der Waals surface area contributed by atoms with Crippen molar-refractivity contribution in [3.8, 4) is 0 Å². The third kappa shape index (κ3) is 37.5. The molecule has 0 aromatic heterocycles. The number of ether oxygens (including phenoxy) is 3. The van der Waals surface area contributed by atoms with Crippen molar-refractivity contribution in [3.63, 3.8) is 0 Å². The van der Waals surface area contributed by atoms with Gasteiger partial charge in [-0.25, -0.2) is 0 Å². The average molecular weight is 695 g/mol. The molecule has 0 aliphatic rings. The molecule has 49 heavy (non-hydrogen) atoms. The number of esters is 3. The summed E-state index contributed by atoms with van der Waals surface area (Å²) in [6.45, 7) is 8.90. The maximum Gasteiger partial charge on any atom is 0.306 e. The summed E-state index contributed by atoms with van der Waals surface area (Å²) in [6.07, 6.45) is 35.4. The zero-order valence-corrected chi connectivity index (χ0v) is 33.1. The van der Waals surface area contributed by atoms with Crippen LogP contribution in [-0.4, -0.2) is 37.2 Å². The van der Waals surface area contributed by atoms with E-state index in [0.29, 0.717) is 19.3 Å². The molecule has 0 saturated heterocycles. The van der Waals surface area contributed by atoms with Crippen molar-refractivity contribution in [3.05, 3.63) is 0 Å². The van der Waals surface area contributed by atoms with Gasteiger partial charge in [-0.05, 0) is 25.2 Å². The van der Waals surface area contributed by atoms with Gasteiger partial charge in [0.2, 0.25) is 0 Å². The van der Waals surface area contributed by atoms with Gasteiger partial charge in [-0.1, -0.05) is 195 Å². The molecular weight excluding hydrogens is 612 g/mol. The molecule has 0 N–H and O–H groups in total. The summed E-state index contributed by atoms with van der Waals surface area (Å²) < 4.78 is 16.6. The van der Waals surface area contributed by atoms with Gasteiger partial charge < -0.3 is 14.2 Å². The summed E-state index contributed by atoms with van der Waals surface area (Å²) in [6, 6.07) is 0. The van der Waals surface area contributed by atoms with Crippen LogP contribution in [-0.2, 0) is 28.6 Å². The molecule has 0 saturated carbocycles. The van der Waals surface area contributed by atoms with Crippen molar-refractivity contribution in [1.82, 2.24) is 0 Å². The summed E-state index contributed by atoms with van der Waals surface area (Å²) in [5.74, 6) is -0.0335. The minimum atomic E-state index is -0.756. The molecule has 0 bridgehead atoms. The van der Waals surface area contributed by atoms with Crippen LogP contribution in [0.3, 0.4) is 0 Å². The average Bonchev–Trinajstić information content (AvgIpc) is 3.08. The van der Waals surface area contributed by atoms with Crippen LogP contribution in [0.15, 0.2) is 0 Å². The second kappa shape index (κ2) is 37.7. The molecular formula is C43H82O6. The number of unbranched alkanes of at least 4 members (excludes halogenated alkanes) is 25. The molecule has 0 aliphatic heterocycles. The standard InChI is InChI=1S/C43H82O6/c1-5-7-9-11-12-13-20-24-28-32-36-43(46)49-40(37-47-41(44)34-30-25-10-8-6-2)38-48-42(45)35-31-27-23-21-18-16-14-15-17-19-22-26-29-33-39(3)4/h39-40H,5-38H2,1-4H3/t40-/m0/s1. The predicted octanol–water partition coefficient (Wildman–Crippen LogP) is 13.2. The predicted molar refractivity (Wildman–Crippen MR) is 206 cm³/mol. The minimum absolute atomic E-state index is 0.0651. The van der Waals surface area contributed by atoms with Gasteiger partial charge in [-0.15, -0.1) is 0 Å². The SMILES string of the molecule is CCCCCCCCCCCCC(=O)O[C@@H](COC(=O)CCCCCCC)COC(=O)CCCCCCCCCCCCCCCC(C)C. The molecule has 0 spiro atoms. The number of hydrogen-bond donors (Lipinski definition) is 0. The number of hydrogen-bond acceptors (Lipinski definition) is 6. The third-order valence-corrected chi connectivity index (χ3v) is 9.54. The number of rotatable bonds is 38. The number of carbonyl (C=O) groups excluding carboxylic acids is 3. The van der Waals surface area contributed by atoms with Crippen molar-refractivity contribution < 1.29 is 28.6 Å². The quantitative estimate of drug-likeness (QED) is 0.0364. The Labute approximate surface area is 304 Å². The molecule has 0 radical (unpaired) electrons. The van der Waals surface area contributed by atoms with Crippen LogP contribution < -0.4 is 0 Å². The fourth-order valence-corrected chi connectivity index (χ4v) is 6.27. The second-order valence-electron chi connectivity index (χ2n) is 15.1. The van der Waals surface area contributed by atoms with E-state index >= 15 is 0 Å². The fourth-order valence-electron chi connectivity index (χ4n) is 6.27. The Balaban J connectivity index is 4.17. The van der Waals surface area contributed by atoms with Gasteiger partial charge in [-0.2, -0.15) is 0 Å². The first-order valence-electron chi connectivity index (χ1n) is 21.4. The van der Waals surface area contributed by atoms with Crippen molar-refractivity contribution in [2.24, 2.45) is 5.92 Å². The monoisotopic (exact) mass is 695 g/mol. The Hall–Kier alpha value is -1.59. The van der Waals surface area contributed by atoms with E-state index in [-0.39, 0.29) is 31.1 Å². The van der Waals surface area contributed by atoms with Gasteiger partial charge in [-0.3, -0.25) is 14.4 Å². The fraction of sp³-hybridized carbons (Fsp3) is 0.930. The van der Waals surface area contributed by atoms with Crippen LogP contribution in [0, 0.1) is 5.92 Å². The zero-order chi connectivity index (χ0) is 36.0. The van der Waals surface area contributed by atoms with Gasteiger partial charge in [0.25, 0.3) is 0 Å². The van der Waals surface area contributed by atoms with Gasteiger partial charge >= 0.3 is 17.9 Å². The molecule has 0 fully saturated rings. The second-order valence-corrected chi connectivity index (χ2v) is 15.1. The first kappa shape index (κ1) is 47.4. The molecule has 0 rings (SSSR count). The summed E-state index contributed by atoms with van der Waals surface area (Å²) in [4.78, 5) is 37.3. The Bertz CT molecular complexity index is 736. The highest BCUT2D eigenvalue weighted by molar-refractivity contribution is 5.71. The smallest absolute Gasteiger partial charge is 0.306 e. The van der Waals surface area contributed by atoms with Gasteiger partial charge in [0.1, 0.15) is 13.2 Å². The summed E-state index contributed by atoms with van der Waals surface area (Å²) in [5, 5.41) is 0. The van der Waals surface area contributed by atoms with E-state index in [9.17, 15) is 14.4 Å². The van der Waals surface area contributed by atoms with Crippen molar-refractivity contribution in [2.45, 2.75) is 239 Å². The van der Waals surface area contributed by atoms with E-state index in [1.165, 1.54) is 122 Å². The lowest BCUT2D eigenvalue weighted by molar-refractivity contribution is -0.167. The third-order valence-electron chi connectivity index (χ3n) is 9.54. The maximum absolute atomic E-state index is 12.6. The van der Waals surface area contributed by atoms with E-state index in [1.807, 2.05) is 0 Å². The van der Waals surface area contributed by atoms with Crippen LogP contribution in [0.5, 0.6) is 0 Å². The summed E-state index contributed by atoms with van der Waals surface area (Å²) in [7, 11) is 0. The van der Waals surface area contributed by atoms with E-state index in [2.05, 4.69) is 27.7 Å². The topological polar surface area (TPSA) is 78.9 Å². The van der Waals surface area contributed by atoms with Crippen molar-refractivity contribution in [1.29, 1.82) is 0 Å². The largest absolute Gasteiger partial charge is 0.462 e. The lowest BCUT2D eigenvalue weighted by Gasteiger charge is -2.18. The Kier molecular flexibility index (Phi) is 36.4. The molecule has 6 heteroatoms. The van der Waals surface area contributed by atoms with Crippen LogP contribution in [0.1, 0.15) is 233 Å². The van der Waals surface area contributed by atoms with Crippen LogP contribution in [0.4, 0.5) is 0 Å². The summed E-state index contributed by atoms with van der Waals surface area (Å²) in [5.41, 5.74) is 0. The molecule has 0 aromatic rings. The molecule has 0 unspecified atom stereocenters. The molecule has 0 aliphatic carbocycles. The van der Waals surface area contributed by atoms with E-state index in [0.717, 1.165) is 70.1 Å². The first-order chi connectivity index (χ1) is 23.9. The first-order valence-corrected chi connectivity index (χ1v) is 21.4. The normalized spacial score (nSPS) is 11.9.